The van der Waals surface area contributed by atoms with Gasteiger partial charge in [0.25, 0.3) is 0 Å². The Kier molecular flexibility index (Phi) is 6.66. The topological polar surface area (TPSA) is 96.5 Å². The number of hydrogen-bond donors (Lipinski definition) is 0. The number of rotatable bonds is 8. The van der Waals surface area contributed by atoms with Gasteiger partial charge in [-0.1, -0.05) is 60.3 Å². The summed E-state index contributed by atoms with van der Waals surface area (Å²) in [6, 6.07) is 20.8. The lowest BCUT2D eigenvalue weighted by molar-refractivity contribution is -0.142. The first-order chi connectivity index (χ1) is 15.7. The Morgan fingerprint density at radius 1 is 1.00 bits per heavy atom. The van der Waals surface area contributed by atoms with E-state index >= 15 is 0 Å². The van der Waals surface area contributed by atoms with Crippen molar-refractivity contribution in [2.24, 2.45) is 0 Å². The number of methoxy groups -OCH3 is 1. The zero-order chi connectivity index (χ0) is 22.3. The lowest BCUT2D eigenvalue weighted by Gasteiger charge is -2.10. The molecule has 0 atom stereocenters. The van der Waals surface area contributed by atoms with Crippen molar-refractivity contribution < 1.29 is 23.5 Å². The summed E-state index contributed by atoms with van der Waals surface area (Å²) in [7, 11) is 1.27. The van der Waals surface area contributed by atoms with Crippen molar-refractivity contribution in [2.75, 3.05) is 12.9 Å². The van der Waals surface area contributed by atoms with Gasteiger partial charge in [-0.3, -0.25) is 9.36 Å². The first-order valence-corrected chi connectivity index (χ1v) is 10.7. The van der Waals surface area contributed by atoms with Crippen LogP contribution in [0, 0.1) is 0 Å². The molecule has 162 valence electrons. The number of esters is 2. The standard InChI is InChI=1S/C23H19N3O5S/c1-29-22(28)18-12-13-30-19(18)14-31-20(27)15-32-23-25-24-21(16-8-4-2-5-9-16)26(23)17-10-6-3-7-11-17/h2-13H,14-15H2,1H3. The van der Waals surface area contributed by atoms with E-state index in [9.17, 15) is 9.59 Å². The number of carbonyl (C=O) groups is 2. The summed E-state index contributed by atoms with van der Waals surface area (Å²) in [6.45, 7) is -0.169. The van der Waals surface area contributed by atoms with E-state index in [0.717, 1.165) is 11.3 Å². The summed E-state index contributed by atoms with van der Waals surface area (Å²) >= 11 is 1.21. The summed E-state index contributed by atoms with van der Waals surface area (Å²) < 4.78 is 17.1. The lowest BCUT2D eigenvalue weighted by Crippen LogP contribution is -2.10. The number of carbonyl (C=O) groups excluding carboxylic acids is 2. The van der Waals surface area contributed by atoms with Gasteiger partial charge in [0.2, 0.25) is 0 Å². The monoisotopic (exact) mass is 449 g/mol. The molecule has 0 aliphatic rings. The minimum atomic E-state index is -0.552. The fraction of sp³-hybridized carbons (Fsp3) is 0.130. The summed E-state index contributed by atoms with van der Waals surface area (Å²) in [5, 5.41) is 9.18. The maximum Gasteiger partial charge on any atom is 0.341 e. The molecule has 0 saturated heterocycles. The van der Waals surface area contributed by atoms with Crippen LogP contribution in [0.1, 0.15) is 16.1 Å². The molecule has 0 aliphatic carbocycles. The predicted octanol–water partition coefficient (Wildman–Crippen LogP) is 4.15. The molecule has 0 fully saturated rings. The first kappa shape index (κ1) is 21.4. The quantitative estimate of drug-likeness (QED) is 0.292. The highest BCUT2D eigenvalue weighted by molar-refractivity contribution is 7.99. The highest BCUT2D eigenvalue weighted by Gasteiger charge is 2.19. The van der Waals surface area contributed by atoms with Gasteiger partial charge in [-0.2, -0.15) is 0 Å². The van der Waals surface area contributed by atoms with Crippen LogP contribution >= 0.6 is 11.8 Å². The van der Waals surface area contributed by atoms with Crippen LogP contribution in [0.2, 0.25) is 0 Å². The highest BCUT2D eigenvalue weighted by atomic mass is 32.2. The van der Waals surface area contributed by atoms with Crippen LogP contribution in [0.3, 0.4) is 0 Å². The third-order valence-electron chi connectivity index (χ3n) is 4.51. The van der Waals surface area contributed by atoms with Crippen molar-refractivity contribution in [3.05, 3.63) is 84.3 Å². The van der Waals surface area contributed by atoms with Crippen molar-refractivity contribution >= 4 is 23.7 Å². The summed E-state index contributed by atoms with van der Waals surface area (Å²) in [6.07, 6.45) is 1.34. The number of furan rings is 1. The number of aromatic nitrogens is 3. The van der Waals surface area contributed by atoms with Gasteiger partial charge in [0, 0.05) is 11.3 Å². The Hall–Kier alpha value is -3.85. The second kappa shape index (κ2) is 9.97. The fourth-order valence-electron chi connectivity index (χ4n) is 3.00. The molecule has 0 unspecified atom stereocenters. The lowest BCUT2D eigenvalue weighted by atomic mass is 10.2. The second-order valence-corrected chi connectivity index (χ2v) is 7.48. The number of nitrogens with zero attached hydrogens (tertiary/aromatic N) is 3. The van der Waals surface area contributed by atoms with Crippen molar-refractivity contribution in [1.29, 1.82) is 0 Å². The van der Waals surface area contributed by atoms with E-state index in [-0.39, 0.29) is 23.7 Å². The minimum Gasteiger partial charge on any atom is -0.465 e. The van der Waals surface area contributed by atoms with Gasteiger partial charge in [-0.25, -0.2) is 4.79 Å². The van der Waals surface area contributed by atoms with Crippen LogP contribution in [0.5, 0.6) is 0 Å². The molecule has 8 nitrogen and oxygen atoms in total. The molecule has 2 aromatic heterocycles. The Morgan fingerprint density at radius 3 is 2.44 bits per heavy atom. The Labute approximate surface area is 188 Å². The van der Waals surface area contributed by atoms with Crippen LogP contribution in [0.4, 0.5) is 0 Å². The van der Waals surface area contributed by atoms with Crippen LogP contribution in [0.25, 0.3) is 17.1 Å². The molecule has 0 spiro atoms. The molecule has 0 aliphatic heterocycles. The Bertz CT molecular complexity index is 1200. The number of hydrogen-bond acceptors (Lipinski definition) is 8. The molecule has 4 rings (SSSR count). The third-order valence-corrected chi connectivity index (χ3v) is 5.42. The number of benzene rings is 2. The van der Waals surface area contributed by atoms with Gasteiger partial charge in [0.05, 0.1) is 19.1 Å². The molecule has 0 bridgehead atoms. The maximum atomic E-state index is 12.3. The fourth-order valence-corrected chi connectivity index (χ4v) is 3.75. The van der Waals surface area contributed by atoms with Crippen LogP contribution in [0.15, 0.2) is 82.6 Å². The molecule has 0 radical (unpaired) electrons. The van der Waals surface area contributed by atoms with Crippen molar-refractivity contribution in [3.63, 3.8) is 0 Å². The molecule has 0 saturated carbocycles. The maximum absolute atomic E-state index is 12.3. The second-order valence-electron chi connectivity index (χ2n) is 6.54. The van der Waals surface area contributed by atoms with Gasteiger partial charge in [-0.15, -0.1) is 10.2 Å². The molecule has 0 amide bonds. The van der Waals surface area contributed by atoms with Crippen LogP contribution in [-0.2, 0) is 20.9 Å². The Balaban J connectivity index is 1.48. The van der Waals surface area contributed by atoms with E-state index in [4.69, 9.17) is 9.15 Å². The van der Waals surface area contributed by atoms with Crippen molar-refractivity contribution in [2.45, 2.75) is 11.8 Å². The third kappa shape index (κ3) is 4.73. The molecular weight excluding hydrogens is 430 g/mol. The van der Waals surface area contributed by atoms with E-state index in [1.54, 1.807) is 0 Å². The van der Waals surface area contributed by atoms with Gasteiger partial charge in [0.15, 0.2) is 16.7 Å². The largest absolute Gasteiger partial charge is 0.465 e. The molecule has 32 heavy (non-hydrogen) atoms. The molecule has 2 aromatic carbocycles. The van der Waals surface area contributed by atoms with E-state index in [2.05, 4.69) is 14.9 Å². The van der Waals surface area contributed by atoms with Gasteiger partial charge >= 0.3 is 11.9 Å². The summed E-state index contributed by atoms with van der Waals surface area (Å²) in [5.41, 5.74) is 2.02. The molecule has 4 aromatic rings. The average Bonchev–Trinajstić information content (AvgIpc) is 3.49. The van der Waals surface area contributed by atoms with Crippen LogP contribution < -0.4 is 0 Å². The number of para-hydroxylation sites is 1. The molecule has 9 heteroatoms. The number of ether oxygens (including phenoxy) is 2. The van der Waals surface area contributed by atoms with Gasteiger partial charge in [0.1, 0.15) is 12.2 Å². The molecule has 2 heterocycles. The van der Waals surface area contributed by atoms with E-state index in [0.29, 0.717) is 11.0 Å². The Morgan fingerprint density at radius 2 is 1.72 bits per heavy atom. The van der Waals surface area contributed by atoms with E-state index < -0.39 is 11.9 Å². The number of thioether (sulfide) groups is 1. The van der Waals surface area contributed by atoms with Crippen molar-refractivity contribution in [3.8, 4) is 17.1 Å². The van der Waals surface area contributed by atoms with Crippen molar-refractivity contribution in [1.82, 2.24) is 14.8 Å². The first-order valence-electron chi connectivity index (χ1n) is 9.66. The zero-order valence-electron chi connectivity index (χ0n) is 17.1. The normalized spacial score (nSPS) is 10.7. The smallest absolute Gasteiger partial charge is 0.341 e. The van der Waals surface area contributed by atoms with E-state index in [1.807, 2.05) is 65.2 Å². The minimum absolute atomic E-state index is 0.00796. The molecular formula is C23H19N3O5S. The van der Waals surface area contributed by atoms with Gasteiger partial charge < -0.3 is 13.9 Å². The highest BCUT2D eigenvalue weighted by Crippen LogP contribution is 2.28. The predicted molar refractivity (Wildman–Crippen MR) is 117 cm³/mol. The van der Waals surface area contributed by atoms with Gasteiger partial charge in [-0.05, 0) is 18.2 Å². The molecule has 0 N–H and O–H groups in total. The average molecular weight is 449 g/mol. The van der Waals surface area contributed by atoms with Crippen LogP contribution in [-0.4, -0.2) is 39.6 Å². The summed E-state index contributed by atoms with van der Waals surface area (Å²) in [5.74, 6) is -0.122. The summed E-state index contributed by atoms with van der Waals surface area (Å²) in [4.78, 5) is 24.0. The SMILES string of the molecule is COC(=O)c1ccoc1COC(=O)CSc1nnc(-c2ccccc2)n1-c1ccccc1. The zero-order valence-corrected chi connectivity index (χ0v) is 18.0. The van der Waals surface area contributed by atoms with E-state index in [1.165, 1.54) is 31.2 Å².